The van der Waals surface area contributed by atoms with Crippen molar-refractivity contribution in [2.75, 3.05) is 12.3 Å². The van der Waals surface area contributed by atoms with Gasteiger partial charge in [0.25, 0.3) is 0 Å². The highest BCUT2D eigenvalue weighted by Crippen LogP contribution is 2.00. The summed E-state index contributed by atoms with van der Waals surface area (Å²) < 4.78 is 0. The topological polar surface area (TPSA) is 252 Å². The Bertz CT molecular complexity index is 700. The molecule has 0 aromatic rings. The molecule has 0 bridgehead atoms. The number of nitrogens with one attached hydrogen (secondary N) is 3. The molecule has 0 rings (SSSR count). The molecule has 0 aromatic carbocycles. The van der Waals surface area contributed by atoms with E-state index in [4.69, 9.17) is 27.4 Å². The molecule has 0 saturated heterocycles. The minimum absolute atomic E-state index is 0.0949. The maximum Gasteiger partial charge on any atom is 0.325 e. The van der Waals surface area contributed by atoms with Crippen molar-refractivity contribution in [1.82, 2.24) is 16.0 Å². The average Bonchev–Trinajstić information content (AvgIpc) is 2.67. The first kappa shape index (κ1) is 27.9. The van der Waals surface area contributed by atoms with Gasteiger partial charge < -0.3 is 43.4 Å². The van der Waals surface area contributed by atoms with Gasteiger partial charge >= 0.3 is 11.9 Å². The fraction of sp³-hybridized carbons (Fsp3) is 0.625. The number of nitrogens with zero attached hydrogens (tertiary/aromatic N) is 1. The molecule has 15 heteroatoms. The van der Waals surface area contributed by atoms with Crippen molar-refractivity contribution in [3.05, 3.63) is 0 Å². The zero-order chi connectivity index (χ0) is 24.1. The Kier molecular flexibility index (Phi) is 12.6. The molecule has 14 nitrogen and oxygen atoms in total. The number of carboxylic acids is 2. The summed E-state index contributed by atoms with van der Waals surface area (Å²) in [5.74, 6) is -5.58. The highest BCUT2D eigenvalue weighted by atomic mass is 32.1. The number of carboxylic acid groups (broad SMARTS) is 2. The zero-order valence-corrected chi connectivity index (χ0v) is 17.8. The van der Waals surface area contributed by atoms with Gasteiger partial charge in [-0.25, -0.2) is 0 Å². The van der Waals surface area contributed by atoms with Gasteiger partial charge in [0, 0.05) is 12.3 Å². The van der Waals surface area contributed by atoms with Crippen LogP contribution in [0.4, 0.5) is 0 Å². The van der Waals surface area contributed by atoms with E-state index in [9.17, 15) is 24.0 Å². The van der Waals surface area contributed by atoms with Crippen molar-refractivity contribution in [2.24, 2.45) is 22.2 Å². The number of thiol groups is 1. The molecule has 11 N–H and O–H groups in total. The monoisotopic (exact) mass is 463 g/mol. The minimum atomic E-state index is -1.57. The third-order valence-electron chi connectivity index (χ3n) is 3.86. The SMILES string of the molecule is CC(NC(=O)C(CC(=O)O)NC(=O)C(CS)NC(=O)C(N)CCCN=C(N)N)C(=O)O. The van der Waals surface area contributed by atoms with Crippen molar-refractivity contribution in [3.63, 3.8) is 0 Å². The summed E-state index contributed by atoms with van der Waals surface area (Å²) >= 11 is 3.98. The van der Waals surface area contributed by atoms with Gasteiger partial charge in [-0.3, -0.25) is 29.0 Å². The minimum Gasteiger partial charge on any atom is -0.481 e. The van der Waals surface area contributed by atoms with E-state index in [2.05, 4.69) is 33.6 Å². The van der Waals surface area contributed by atoms with E-state index in [0.29, 0.717) is 6.42 Å². The van der Waals surface area contributed by atoms with Gasteiger partial charge in [-0.1, -0.05) is 0 Å². The molecule has 31 heavy (non-hydrogen) atoms. The second-order valence-electron chi connectivity index (χ2n) is 6.53. The van der Waals surface area contributed by atoms with Crippen molar-refractivity contribution < 1.29 is 34.2 Å². The van der Waals surface area contributed by atoms with Crippen molar-refractivity contribution >= 4 is 48.2 Å². The molecule has 4 unspecified atom stereocenters. The lowest BCUT2D eigenvalue weighted by atomic mass is 10.1. The maximum absolute atomic E-state index is 12.4. The first-order valence-electron chi connectivity index (χ1n) is 9.16. The van der Waals surface area contributed by atoms with Crippen LogP contribution in [0.25, 0.3) is 0 Å². The summed E-state index contributed by atoms with van der Waals surface area (Å²) in [5.41, 5.74) is 16.1. The molecule has 0 aliphatic carbocycles. The lowest BCUT2D eigenvalue weighted by Crippen LogP contribution is -2.57. The second-order valence-corrected chi connectivity index (χ2v) is 6.89. The van der Waals surface area contributed by atoms with E-state index in [1.807, 2.05) is 0 Å². The van der Waals surface area contributed by atoms with E-state index in [1.54, 1.807) is 0 Å². The van der Waals surface area contributed by atoms with E-state index in [1.165, 1.54) is 6.92 Å². The van der Waals surface area contributed by atoms with Crippen molar-refractivity contribution in [3.8, 4) is 0 Å². The lowest BCUT2D eigenvalue weighted by molar-refractivity contribution is -0.143. The molecule has 176 valence electrons. The van der Waals surface area contributed by atoms with Crippen LogP contribution in [-0.2, 0) is 24.0 Å². The van der Waals surface area contributed by atoms with Gasteiger partial charge in [-0.2, -0.15) is 12.6 Å². The smallest absolute Gasteiger partial charge is 0.325 e. The van der Waals surface area contributed by atoms with Crippen LogP contribution in [0.15, 0.2) is 4.99 Å². The largest absolute Gasteiger partial charge is 0.481 e. The number of rotatable bonds is 14. The molecule has 0 heterocycles. The number of aliphatic imine (C=N–C) groups is 1. The molecule has 0 aliphatic heterocycles. The van der Waals surface area contributed by atoms with Crippen LogP contribution in [0.3, 0.4) is 0 Å². The summed E-state index contributed by atoms with van der Waals surface area (Å²) in [5, 5.41) is 24.4. The number of aliphatic carboxylic acids is 2. The first-order valence-corrected chi connectivity index (χ1v) is 9.79. The van der Waals surface area contributed by atoms with Crippen LogP contribution in [-0.4, -0.2) is 82.3 Å². The number of carbonyl (C=O) groups excluding carboxylic acids is 3. The van der Waals surface area contributed by atoms with Crippen LogP contribution in [0.5, 0.6) is 0 Å². The highest BCUT2D eigenvalue weighted by molar-refractivity contribution is 7.80. The Morgan fingerprint density at radius 3 is 2.00 bits per heavy atom. The Morgan fingerprint density at radius 1 is 0.968 bits per heavy atom. The van der Waals surface area contributed by atoms with Gasteiger partial charge in [0.05, 0.1) is 12.5 Å². The predicted molar refractivity (Wildman–Crippen MR) is 113 cm³/mol. The highest BCUT2D eigenvalue weighted by Gasteiger charge is 2.30. The fourth-order valence-electron chi connectivity index (χ4n) is 2.16. The van der Waals surface area contributed by atoms with Gasteiger partial charge in [0.15, 0.2) is 5.96 Å². The molecular weight excluding hydrogens is 434 g/mol. The van der Waals surface area contributed by atoms with Gasteiger partial charge in [0.1, 0.15) is 18.1 Å². The lowest BCUT2D eigenvalue weighted by Gasteiger charge is -2.23. The third-order valence-corrected chi connectivity index (χ3v) is 4.23. The normalized spacial score (nSPS) is 14.3. The third kappa shape index (κ3) is 11.6. The number of carbonyl (C=O) groups is 5. The fourth-order valence-corrected chi connectivity index (χ4v) is 2.41. The van der Waals surface area contributed by atoms with Crippen LogP contribution in [0.2, 0.25) is 0 Å². The van der Waals surface area contributed by atoms with E-state index in [0.717, 1.165) is 0 Å². The Labute approximate surface area is 183 Å². The number of hydrogen-bond acceptors (Lipinski definition) is 8. The van der Waals surface area contributed by atoms with Gasteiger partial charge in [0.2, 0.25) is 17.7 Å². The van der Waals surface area contributed by atoms with Crippen LogP contribution in [0, 0.1) is 0 Å². The molecular formula is C16H29N7O7S. The van der Waals surface area contributed by atoms with Crippen LogP contribution < -0.4 is 33.2 Å². The molecule has 0 aromatic heterocycles. The summed E-state index contributed by atoms with van der Waals surface area (Å²) in [7, 11) is 0. The summed E-state index contributed by atoms with van der Waals surface area (Å²) in [4.78, 5) is 62.4. The Balaban J connectivity index is 4.98. The Hall–Kier alpha value is -3.07. The molecule has 0 saturated carbocycles. The summed E-state index contributed by atoms with van der Waals surface area (Å²) in [6, 6.07) is -5.07. The zero-order valence-electron chi connectivity index (χ0n) is 16.9. The number of nitrogens with two attached hydrogens (primary N) is 3. The quantitative estimate of drug-likeness (QED) is 0.0528. The van der Waals surface area contributed by atoms with E-state index >= 15 is 0 Å². The maximum atomic E-state index is 12.4. The summed E-state index contributed by atoms with van der Waals surface area (Å²) in [6.07, 6.45) is -0.172. The molecule has 3 amide bonds. The number of guanidine groups is 1. The van der Waals surface area contributed by atoms with Crippen molar-refractivity contribution in [2.45, 2.75) is 50.4 Å². The number of hydrogen-bond donors (Lipinski definition) is 9. The molecule has 0 fully saturated rings. The standard InChI is InChI=1S/C16H29N7O7S/c1-7(15(29)30)21-13(27)9(5-11(24)25)22-14(28)10(6-31)23-12(26)8(17)3-2-4-20-16(18)19/h7-10,31H,2-6,17H2,1H3,(H,21,27)(H,22,28)(H,23,26)(H,24,25)(H,29,30)(H4,18,19,20). The molecule has 0 spiro atoms. The Morgan fingerprint density at radius 2 is 1.52 bits per heavy atom. The van der Waals surface area contributed by atoms with Crippen molar-refractivity contribution in [1.29, 1.82) is 0 Å². The van der Waals surface area contributed by atoms with Crippen LogP contribution in [0.1, 0.15) is 26.2 Å². The molecule has 0 aliphatic rings. The summed E-state index contributed by atoms with van der Waals surface area (Å²) in [6.45, 7) is 1.44. The number of amides is 3. The molecule has 0 radical (unpaired) electrons. The van der Waals surface area contributed by atoms with E-state index < -0.39 is 60.2 Å². The van der Waals surface area contributed by atoms with E-state index in [-0.39, 0.29) is 24.7 Å². The second kappa shape index (κ2) is 14.0. The van der Waals surface area contributed by atoms with Gasteiger partial charge in [-0.15, -0.1) is 0 Å². The van der Waals surface area contributed by atoms with Crippen LogP contribution >= 0.6 is 12.6 Å². The first-order chi connectivity index (χ1) is 14.4. The molecule has 4 atom stereocenters. The predicted octanol–water partition coefficient (Wildman–Crippen LogP) is -3.67. The van der Waals surface area contributed by atoms with Gasteiger partial charge in [-0.05, 0) is 19.8 Å². The average molecular weight is 464 g/mol.